The molecule has 5 nitrogen and oxygen atoms in total. The van der Waals surface area contributed by atoms with Gasteiger partial charge in [-0.15, -0.1) is 0 Å². The second-order valence-electron chi connectivity index (χ2n) is 7.82. The second-order valence-corrected chi connectivity index (χ2v) is 8.74. The number of hydrogen-bond donors (Lipinski definition) is 0. The van der Waals surface area contributed by atoms with Crippen LogP contribution < -0.4 is 10.3 Å². The molecule has 0 aliphatic rings. The Kier molecular flexibility index (Phi) is 5.98. The average Bonchev–Trinajstić information content (AvgIpc) is 2.66. The smallest absolute Gasteiger partial charge is 0.282 e. The van der Waals surface area contributed by atoms with Crippen molar-refractivity contribution in [2.45, 2.75) is 34.1 Å². The van der Waals surface area contributed by atoms with Crippen LogP contribution in [0, 0.1) is 5.41 Å². The van der Waals surface area contributed by atoms with E-state index in [2.05, 4.69) is 46.8 Å². The van der Waals surface area contributed by atoms with Gasteiger partial charge in [-0.25, -0.2) is 4.98 Å². The molecule has 0 amide bonds. The summed E-state index contributed by atoms with van der Waals surface area (Å²) < 4.78 is 8.00. The highest BCUT2D eigenvalue weighted by atomic mass is 79.9. The summed E-state index contributed by atoms with van der Waals surface area (Å²) in [6, 6.07) is 13.2. The first-order valence-electron chi connectivity index (χ1n) is 9.25. The highest BCUT2D eigenvalue weighted by Gasteiger charge is 2.11. The van der Waals surface area contributed by atoms with Gasteiger partial charge in [-0.05, 0) is 53.4 Å². The van der Waals surface area contributed by atoms with Crippen molar-refractivity contribution in [3.05, 3.63) is 68.7 Å². The number of nitrogens with zero attached hydrogens (tertiary/aromatic N) is 3. The third-order valence-corrected chi connectivity index (χ3v) is 4.56. The van der Waals surface area contributed by atoms with Crippen LogP contribution >= 0.6 is 15.9 Å². The van der Waals surface area contributed by atoms with Crippen molar-refractivity contribution in [2.75, 3.05) is 6.61 Å². The van der Waals surface area contributed by atoms with Gasteiger partial charge in [0.2, 0.25) is 0 Å². The van der Waals surface area contributed by atoms with Crippen LogP contribution in [0.1, 0.15) is 39.1 Å². The van der Waals surface area contributed by atoms with Crippen LogP contribution in [0.3, 0.4) is 0 Å². The Labute approximate surface area is 173 Å². The van der Waals surface area contributed by atoms with E-state index in [0.29, 0.717) is 29.8 Å². The summed E-state index contributed by atoms with van der Waals surface area (Å²) in [5.74, 6) is 1.44. The predicted molar refractivity (Wildman–Crippen MR) is 117 cm³/mol. The van der Waals surface area contributed by atoms with Crippen molar-refractivity contribution in [3.8, 4) is 5.75 Å². The van der Waals surface area contributed by atoms with Crippen molar-refractivity contribution in [2.24, 2.45) is 10.5 Å². The minimum absolute atomic E-state index is 0.107. The summed E-state index contributed by atoms with van der Waals surface area (Å²) in [6.07, 6.45) is 2.28. The van der Waals surface area contributed by atoms with Crippen LogP contribution in [0.5, 0.6) is 5.75 Å². The molecule has 3 rings (SSSR count). The highest BCUT2D eigenvalue weighted by Crippen LogP contribution is 2.18. The maximum atomic E-state index is 12.9. The third-order valence-electron chi connectivity index (χ3n) is 4.07. The molecule has 0 saturated heterocycles. The fourth-order valence-corrected chi connectivity index (χ4v) is 2.98. The summed E-state index contributed by atoms with van der Waals surface area (Å²) in [5, 5.41) is 4.94. The fourth-order valence-electron chi connectivity index (χ4n) is 2.62. The molecule has 0 saturated carbocycles. The number of ether oxygens (including phenoxy) is 1. The molecule has 0 atom stereocenters. The SMILES string of the molecule is CCc1nc2ccc(Br)cc2c(=O)n1N=Cc1ccc(OCC(C)(C)C)cc1. The van der Waals surface area contributed by atoms with Crippen LogP contribution in [0.15, 0.2) is 56.8 Å². The molecule has 0 unspecified atom stereocenters. The standard InChI is InChI=1S/C22H24BrN3O2/c1-5-20-25-19-11-8-16(23)12-18(19)21(27)26(20)24-13-15-6-9-17(10-7-15)28-14-22(2,3)4/h6-13H,5,14H2,1-4H3. The normalized spacial score (nSPS) is 12.0. The average molecular weight is 442 g/mol. The first-order valence-corrected chi connectivity index (χ1v) is 10.0. The minimum atomic E-state index is -0.176. The van der Waals surface area contributed by atoms with Gasteiger partial charge in [0.05, 0.1) is 23.7 Å². The van der Waals surface area contributed by atoms with Crippen molar-refractivity contribution in [1.82, 2.24) is 9.66 Å². The number of hydrogen-bond acceptors (Lipinski definition) is 4. The molecule has 6 heteroatoms. The highest BCUT2D eigenvalue weighted by molar-refractivity contribution is 9.10. The van der Waals surface area contributed by atoms with E-state index in [4.69, 9.17) is 4.74 Å². The Hall–Kier alpha value is -2.47. The molecule has 146 valence electrons. The maximum Gasteiger partial charge on any atom is 0.282 e. The van der Waals surface area contributed by atoms with Gasteiger partial charge in [-0.1, -0.05) is 43.6 Å². The molecule has 2 aromatic carbocycles. The molecule has 0 aliphatic heterocycles. The van der Waals surface area contributed by atoms with E-state index in [9.17, 15) is 4.79 Å². The zero-order chi connectivity index (χ0) is 20.3. The molecule has 0 spiro atoms. The topological polar surface area (TPSA) is 56.5 Å². The van der Waals surface area contributed by atoms with E-state index in [1.165, 1.54) is 4.68 Å². The van der Waals surface area contributed by atoms with Gasteiger partial charge < -0.3 is 4.74 Å². The first kappa shape index (κ1) is 20.3. The largest absolute Gasteiger partial charge is 0.493 e. The molecule has 0 N–H and O–H groups in total. The molecule has 0 bridgehead atoms. The van der Waals surface area contributed by atoms with E-state index in [0.717, 1.165) is 15.8 Å². The molecular formula is C22H24BrN3O2. The molecule has 0 radical (unpaired) electrons. The van der Waals surface area contributed by atoms with E-state index < -0.39 is 0 Å². The molecule has 0 fully saturated rings. The van der Waals surface area contributed by atoms with E-state index in [-0.39, 0.29) is 11.0 Å². The molecular weight excluding hydrogens is 418 g/mol. The van der Waals surface area contributed by atoms with E-state index in [1.807, 2.05) is 43.3 Å². The molecule has 1 aromatic heterocycles. The van der Waals surface area contributed by atoms with Crippen LogP contribution in [-0.2, 0) is 6.42 Å². The molecule has 1 heterocycles. The molecule has 0 aliphatic carbocycles. The molecule has 28 heavy (non-hydrogen) atoms. The number of aryl methyl sites for hydroxylation is 1. The Morgan fingerprint density at radius 2 is 1.89 bits per heavy atom. The third kappa shape index (κ3) is 4.87. The van der Waals surface area contributed by atoms with Gasteiger partial charge >= 0.3 is 0 Å². The fraction of sp³-hybridized carbons (Fsp3) is 0.318. The second kappa shape index (κ2) is 8.27. The van der Waals surface area contributed by atoms with Crippen molar-refractivity contribution in [1.29, 1.82) is 0 Å². The molecule has 3 aromatic rings. The van der Waals surface area contributed by atoms with E-state index >= 15 is 0 Å². The zero-order valence-electron chi connectivity index (χ0n) is 16.6. The lowest BCUT2D eigenvalue weighted by Crippen LogP contribution is -2.22. The van der Waals surface area contributed by atoms with Crippen molar-refractivity contribution >= 4 is 33.0 Å². The Balaban J connectivity index is 1.88. The van der Waals surface area contributed by atoms with Crippen LogP contribution in [-0.4, -0.2) is 22.5 Å². The quantitative estimate of drug-likeness (QED) is 0.521. The van der Waals surface area contributed by atoms with Crippen LogP contribution in [0.2, 0.25) is 0 Å². The summed E-state index contributed by atoms with van der Waals surface area (Å²) in [4.78, 5) is 17.5. The van der Waals surface area contributed by atoms with Gasteiger partial charge in [-0.3, -0.25) is 4.79 Å². The number of fused-ring (bicyclic) bond motifs is 1. The van der Waals surface area contributed by atoms with Gasteiger partial charge in [0, 0.05) is 10.9 Å². The van der Waals surface area contributed by atoms with Crippen LogP contribution in [0.25, 0.3) is 10.9 Å². The number of rotatable bonds is 5. The maximum absolute atomic E-state index is 12.9. The Morgan fingerprint density at radius 1 is 1.18 bits per heavy atom. The van der Waals surface area contributed by atoms with Gasteiger partial charge in [0.1, 0.15) is 11.6 Å². The lowest BCUT2D eigenvalue weighted by molar-refractivity contribution is 0.198. The summed E-state index contributed by atoms with van der Waals surface area (Å²) in [6.45, 7) is 9.00. The lowest BCUT2D eigenvalue weighted by Gasteiger charge is -2.18. The Bertz CT molecular complexity index is 1060. The van der Waals surface area contributed by atoms with E-state index in [1.54, 1.807) is 12.3 Å². The minimum Gasteiger partial charge on any atom is -0.493 e. The van der Waals surface area contributed by atoms with Gasteiger partial charge in [0.15, 0.2) is 0 Å². The van der Waals surface area contributed by atoms with Gasteiger partial charge in [-0.2, -0.15) is 9.78 Å². The first-order chi connectivity index (χ1) is 13.3. The zero-order valence-corrected chi connectivity index (χ0v) is 18.2. The monoisotopic (exact) mass is 441 g/mol. The number of aromatic nitrogens is 2. The van der Waals surface area contributed by atoms with Crippen LogP contribution in [0.4, 0.5) is 0 Å². The summed E-state index contributed by atoms with van der Waals surface area (Å²) in [5.41, 5.74) is 1.49. The summed E-state index contributed by atoms with van der Waals surface area (Å²) in [7, 11) is 0. The Morgan fingerprint density at radius 3 is 2.54 bits per heavy atom. The lowest BCUT2D eigenvalue weighted by atomic mass is 9.99. The van der Waals surface area contributed by atoms with Crippen molar-refractivity contribution in [3.63, 3.8) is 0 Å². The van der Waals surface area contributed by atoms with Crippen molar-refractivity contribution < 1.29 is 4.74 Å². The number of halogens is 1. The number of benzene rings is 2. The summed E-state index contributed by atoms with van der Waals surface area (Å²) >= 11 is 3.41. The predicted octanol–water partition coefficient (Wildman–Crippen LogP) is 5.03. The van der Waals surface area contributed by atoms with Gasteiger partial charge in [0.25, 0.3) is 5.56 Å².